The van der Waals surface area contributed by atoms with Gasteiger partial charge in [0.1, 0.15) is 23.8 Å². The zero-order chi connectivity index (χ0) is 24.7. The first kappa shape index (κ1) is 23.4. The molecule has 0 bridgehead atoms. The van der Waals surface area contributed by atoms with Gasteiger partial charge in [0, 0.05) is 18.5 Å². The first-order valence-electron chi connectivity index (χ1n) is 11.6. The molecule has 4 heterocycles. The first-order chi connectivity index (χ1) is 16.7. The summed E-state index contributed by atoms with van der Waals surface area (Å²) in [5.41, 5.74) is 3.26. The van der Waals surface area contributed by atoms with Gasteiger partial charge < -0.3 is 15.0 Å². The number of pyridine rings is 1. The number of piperidine rings is 1. The largest absolute Gasteiger partial charge is 0.474 e. The van der Waals surface area contributed by atoms with E-state index in [1.165, 1.54) is 16.9 Å². The molecule has 1 aliphatic heterocycles. The van der Waals surface area contributed by atoms with Crippen molar-refractivity contribution in [1.29, 1.82) is 0 Å². The summed E-state index contributed by atoms with van der Waals surface area (Å²) in [6.45, 7) is 6.85. The summed E-state index contributed by atoms with van der Waals surface area (Å²) in [6.07, 6.45) is 3.89. The molecule has 1 atom stereocenters. The number of rotatable bonds is 6. The van der Waals surface area contributed by atoms with E-state index in [0.29, 0.717) is 43.3 Å². The lowest BCUT2D eigenvalue weighted by atomic mass is 10.0. The van der Waals surface area contributed by atoms with E-state index in [-0.39, 0.29) is 12.1 Å². The Bertz CT molecular complexity index is 1490. The highest BCUT2D eigenvalue weighted by Crippen LogP contribution is 2.33. The molecule has 1 aromatic carbocycles. The van der Waals surface area contributed by atoms with E-state index in [2.05, 4.69) is 37.4 Å². The second-order valence-corrected chi connectivity index (χ2v) is 11.1. The number of nitrogens with one attached hydrogen (secondary N) is 2. The van der Waals surface area contributed by atoms with Gasteiger partial charge in [-0.25, -0.2) is 32.7 Å². The molecule has 4 aromatic rings. The van der Waals surface area contributed by atoms with E-state index < -0.39 is 10.0 Å². The molecule has 1 saturated heterocycles. The number of fused-ring (bicyclic) bond motifs is 2. The topological polar surface area (TPSA) is 126 Å². The van der Waals surface area contributed by atoms with Crippen LogP contribution in [0.1, 0.15) is 42.9 Å². The van der Waals surface area contributed by atoms with Crippen LogP contribution in [0.3, 0.4) is 0 Å². The number of sulfonamides is 1. The van der Waals surface area contributed by atoms with Crippen LogP contribution >= 0.6 is 0 Å². The standard InChI is InChI=1S/C24H29N7O3S/c1-14-6-5-7-17-12-19(15(2)27-22-21-23(26-13-25-22)29-16(3)28-21)30-24(20(14)17)34-18-8-10-31(11-9-18)35(4,32)33/h5-7,12-13,15,18H,8-11H2,1-4H3,(H2,25,26,27,28,29). The zero-order valence-electron chi connectivity index (χ0n) is 20.2. The number of aromatic amines is 1. The number of benzene rings is 1. The summed E-state index contributed by atoms with van der Waals surface area (Å²) in [5.74, 6) is 2.00. The number of nitrogens with zero attached hydrogens (tertiary/aromatic N) is 5. The lowest BCUT2D eigenvalue weighted by molar-refractivity contribution is 0.131. The highest BCUT2D eigenvalue weighted by atomic mass is 32.2. The van der Waals surface area contributed by atoms with Gasteiger partial charge in [-0.1, -0.05) is 18.2 Å². The first-order valence-corrected chi connectivity index (χ1v) is 13.5. The number of aromatic nitrogens is 5. The van der Waals surface area contributed by atoms with Crippen molar-refractivity contribution in [2.24, 2.45) is 0 Å². The maximum Gasteiger partial charge on any atom is 0.222 e. The van der Waals surface area contributed by atoms with Crippen molar-refractivity contribution in [3.63, 3.8) is 0 Å². The number of hydrogen-bond donors (Lipinski definition) is 2. The monoisotopic (exact) mass is 495 g/mol. The lowest BCUT2D eigenvalue weighted by Gasteiger charge is -2.30. The molecular formula is C24H29N7O3S. The third-order valence-corrected chi connectivity index (χ3v) is 7.71. The van der Waals surface area contributed by atoms with E-state index in [0.717, 1.165) is 33.4 Å². The summed E-state index contributed by atoms with van der Waals surface area (Å²) in [7, 11) is -3.19. The fourth-order valence-electron chi connectivity index (χ4n) is 4.55. The molecule has 1 fully saturated rings. The molecule has 1 unspecified atom stereocenters. The van der Waals surface area contributed by atoms with E-state index in [4.69, 9.17) is 9.72 Å². The summed E-state index contributed by atoms with van der Waals surface area (Å²) >= 11 is 0. The predicted octanol–water partition coefficient (Wildman–Crippen LogP) is 3.49. The second-order valence-electron chi connectivity index (χ2n) is 9.11. The SMILES string of the molecule is Cc1nc2ncnc(NC(C)c3cc4cccc(C)c4c(OC4CCN(S(C)(=O)=O)CC4)n3)c2[nH]1. The molecular weight excluding hydrogens is 466 g/mol. The van der Waals surface area contributed by atoms with E-state index in [9.17, 15) is 8.42 Å². The molecule has 2 N–H and O–H groups in total. The summed E-state index contributed by atoms with van der Waals surface area (Å²) in [6, 6.07) is 8.02. The second kappa shape index (κ2) is 9.04. The number of aryl methyl sites for hydroxylation is 2. The van der Waals surface area contributed by atoms with Crippen molar-refractivity contribution in [3.05, 3.63) is 47.7 Å². The van der Waals surface area contributed by atoms with Crippen LogP contribution < -0.4 is 10.1 Å². The van der Waals surface area contributed by atoms with Crippen molar-refractivity contribution < 1.29 is 13.2 Å². The molecule has 3 aromatic heterocycles. The van der Waals surface area contributed by atoms with Crippen LogP contribution in [0, 0.1) is 13.8 Å². The van der Waals surface area contributed by atoms with Crippen LogP contribution in [0.4, 0.5) is 5.82 Å². The Balaban J connectivity index is 1.44. The van der Waals surface area contributed by atoms with Gasteiger partial charge >= 0.3 is 0 Å². The minimum absolute atomic E-state index is 0.101. The molecule has 0 spiro atoms. The molecule has 11 heteroatoms. The fourth-order valence-corrected chi connectivity index (χ4v) is 5.42. The normalized spacial score (nSPS) is 16.6. The zero-order valence-corrected chi connectivity index (χ0v) is 21.1. The average Bonchev–Trinajstić information content (AvgIpc) is 3.20. The van der Waals surface area contributed by atoms with Crippen LogP contribution in [-0.2, 0) is 10.0 Å². The van der Waals surface area contributed by atoms with E-state index in [1.807, 2.05) is 32.9 Å². The molecule has 35 heavy (non-hydrogen) atoms. The van der Waals surface area contributed by atoms with Crippen LogP contribution in [0.25, 0.3) is 21.9 Å². The molecule has 0 aliphatic carbocycles. The van der Waals surface area contributed by atoms with Crippen molar-refractivity contribution >= 4 is 37.8 Å². The fraction of sp³-hybridized carbons (Fsp3) is 0.417. The Morgan fingerprint density at radius 2 is 1.94 bits per heavy atom. The van der Waals surface area contributed by atoms with Gasteiger partial charge in [0.25, 0.3) is 0 Å². The predicted molar refractivity (Wildman–Crippen MR) is 135 cm³/mol. The molecule has 0 saturated carbocycles. The molecule has 5 rings (SSSR count). The number of anilines is 1. The number of H-pyrrole nitrogens is 1. The molecule has 1 aliphatic rings. The van der Waals surface area contributed by atoms with Crippen molar-refractivity contribution in [2.75, 3.05) is 24.7 Å². The molecule has 10 nitrogen and oxygen atoms in total. The van der Waals surface area contributed by atoms with E-state index in [1.54, 1.807) is 0 Å². The Kier molecular flexibility index (Phi) is 6.06. The van der Waals surface area contributed by atoms with Gasteiger partial charge in [0.2, 0.25) is 15.9 Å². The number of hydrogen-bond acceptors (Lipinski definition) is 8. The minimum atomic E-state index is -3.19. The highest BCUT2D eigenvalue weighted by Gasteiger charge is 2.27. The molecule has 0 radical (unpaired) electrons. The quantitative estimate of drug-likeness (QED) is 0.416. The summed E-state index contributed by atoms with van der Waals surface area (Å²) in [5, 5.41) is 5.45. The summed E-state index contributed by atoms with van der Waals surface area (Å²) in [4.78, 5) is 21.1. The Labute approximate surface area is 204 Å². The lowest BCUT2D eigenvalue weighted by Crippen LogP contribution is -2.41. The van der Waals surface area contributed by atoms with Gasteiger partial charge in [-0.3, -0.25) is 0 Å². The van der Waals surface area contributed by atoms with Gasteiger partial charge in [0.05, 0.1) is 18.0 Å². The Hall–Kier alpha value is -3.31. The molecule has 184 valence electrons. The third-order valence-electron chi connectivity index (χ3n) is 6.40. The summed E-state index contributed by atoms with van der Waals surface area (Å²) < 4.78 is 31.7. The maximum absolute atomic E-state index is 11.9. The van der Waals surface area contributed by atoms with E-state index >= 15 is 0 Å². The maximum atomic E-state index is 11.9. The smallest absolute Gasteiger partial charge is 0.222 e. The molecule has 0 amide bonds. The minimum Gasteiger partial charge on any atom is -0.474 e. The van der Waals surface area contributed by atoms with Gasteiger partial charge in [0.15, 0.2) is 11.5 Å². The van der Waals surface area contributed by atoms with Crippen molar-refractivity contribution in [3.8, 4) is 5.88 Å². The van der Waals surface area contributed by atoms with Crippen LogP contribution in [0.2, 0.25) is 0 Å². The third kappa shape index (κ3) is 4.78. The number of ether oxygens (including phenoxy) is 1. The van der Waals surface area contributed by atoms with Gasteiger partial charge in [-0.15, -0.1) is 0 Å². The van der Waals surface area contributed by atoms with Crippen LogP contribution in [0.5, 0.6) is 5.88 Å². The Morgan fingerprint density at radius 3 is 2.69 bits per heavy atom. The van der Waals surface area contributed by atoms with Gasteiger partial charge in [-0.2, -0.15) is 0 Å². The van der Waals surface area contributed by atoms with Crippen molar-refractivity contribution in [1.82, 2.24) is 29.2 Å². The van der Waals surface area contributed by atoms with Crippen molar-refractivity contribution in [2.45, 2.75) is 45.8 Å². The van der Waals surface area contributed by atoms with Crippen LogP contribution in [-0.4, -0.2) is 63.1 Å². The average molecular weight is 496 g/mol. The Morgan fingerprint density at radius 1 is 1.17 bits per heavy atom. The van der Waals surface area contributed by atoms with Crippen LogP contribution in [0.15, 0.2) is 30.6 Å². The highest BCUT2D eigenvalue weighted by molar-refractivity contribution is 7.88. The van der Waals surface area contributed by atoms with Gasteiger partial charge in [-0.05, 0) is 50.6 Å². The number of imidazole rings is 1.